The molecule has 0 aliphatic rings. The number of Topliss-reactive ketones (excluding diaryl/α,β-unsaturated/α-hetero) is 1. The van der Waals surface area contributed by atoms with Crippen molar-refractivity contribution in [3.8, 4) is 11.5 Å². The van der Waals surface area contributed by atoms with Gasteiger partial charge in [-0.05, 0) is 51.1 Å². The maximum atomic E-state index is 13.3. The number of aliphatic hydroxyl groups is 1. The van der Waals surface area contributed by atoms with E-state index in [1.54, 1.807) is 20.8 Å². The molecule has 1 aromatic heterocycles. The van der Waals surface area contributed by atoms with Gasteiger partial charge in [-0.2, -0.15) is 0 Å². The van der Waals surface area contributed by atoms with Crippen LogP contribution in [-0.2, 0) is 4.74 Å². The summed E-state index contributed by atoms with van der Waals surface area (Å²) in [6.07, 6.45) is -6.50. The number of aromatic nitrogens is 1. The van der Waals surface area contributed by atoms with Crippen molar-refractivity contribution in [1.82, 2.24) is 4.57 Å². The van der Waals surface area contributed by atoms with E-state index in [1.807, 2.05) is 0 Å². The summed E-state index contributed by atoms with van der Waals surface area (Å²) < 4.78 is 53.7. The lowest BCUT2D eigenvalue weighted by atomic mass is 9.98. The minimum absolute atomic E-state index is 0.0513. The molecule has 0 bridgehead atoms. The quantitative estimate of drug-likeness (QED) is 0.440. The average molecular weight is 500 g/mol. The topological polar surface area (TPSA) is 87.0 Å². The molecule has 0 fully saturated rings. The molecule has 3 aromatic rings. The minimum atomic E-state index is -4.97. The van der Waals surface area contributed by atoms with Crippen LogP contribution in [0.1, 0.15) is 42.8 Å². The van der Waals surface area contributed by atoms with Crippen LogP contribution >= 0.6 is 11.6 Å². The van der Waals surface area contributed by atoms with Crippen molar-refractivity contribution < 1.29 is 42.1 Å². The second kappa shape index (κ2) is 9.19. The number of fused-ring (bicyclic) bond motifs is 1. The first-order valence-corrected chi connectivity index (χ1v) is 10.3. The van der Waals surface area contributed by atoms with Gasteiger partial charge in [0.1, 0.15) is 23.2 Å². The predicted octanol–water partition coefficient (Wildman–Crippen LogP) is 5.90. The lowest BCUT2D eigenvalue weighted by Crippen LogP contribution is -2.26. The van der Waals surface area contributed by atoms with Gasteiger partial charge in [-0.25, -0.2) is 4.79 Å². The Morgan fingerprint density at radius 1 is 1.09 bits per heavy atom. The highest BCUT2D eigenvalue weighted by Gasteiger charge is 2.33. The lowest BCUT2D eigenvalue weighted by Gasteiger charge is -2.19. The number of hydrogen-bond donors (Lipinski definition) is 1. The standard InChI is InChI=1S/C23H21ClF3NO6/c1-22(2,3)34-21(31)28-11-16(15-10-13(6-8-17(15)28)33-23(25,26)27)20(30)19(29)14-7-5-12(24)9-18(14)32-4/h5-11,19,29H,1-4H3. The molecule has 0 spiro atoms. The number of rotatable bonds is 5. The number of carbonyl (C=O) groups excluding carboxylic acids is 2. The maximum Gasteiger partial charge on any atom is 0.573 e. The third kappa shape index (κ3) is 5.63. The number of alkyl halides is 3. The van der Waals surface area contributed by atoms with Crippen molar-refractivity contribution in [2.75, 3.05) is 7.11 Å². The third-order valence-electron chi connectivity index (χ3n) is 4.60. The first-order chi connectivity index (χ1) is 15.7. The van der Waals surface area contributed by atoms with Crippen molar-refractivity contribution in [3.05, 3.63) is 58.7 Å². The molecule has 0 saturated carbocycles. The number of aliphatic hydroxyl groups excluding tert-OH is 1. The Morgan fingerprint density at radius 3 is 2.35 bits per heavy atom. The van der Waals surface area contributed by atoms with E-state index in [0.717, 1.165) is 22.9 Å². The van der Waals surface area contributed by atoms with Gasteiger partial charge >= 0.3 is 12.5 Å². The fourth-order valence-electron chi connectivity index (χ4n) is 3.26. The molecule has 0 radical (unpaired) electrons. The Morgan fingerprint density at radius 2 is 1.76 bits per heavy atom. The van der Waals surface area contributed by atoms with Crippen LogP contribution in [0.15, 0.2) is 42.6 Å². The number of benzene rings is 2. The zero-order chi connectivity index (χ0) is 25.4. The van der Waals surface area contributed by atoms with E-state index in [2.05, 4.69) is 4.74 Å². The number of hydrogen-bond acceptors (Lipinski definition) is 6. The Hall–Kier alpha value is -3.24. The van der Waals surface area contributed by atoms with Crippen LogP contribution in [0.2, 0.25) is 5.02 Å². The highest BCUT2D eigenvalue weighted by Crippen LogP contribution is 2.35. The molecule has 0 saturated heterocycles. The van der Waals surface area contributed by atoms with Gasteiger partial charge < -0.3 is 19.3 Å². The Kier molecular flexibility index (Phi) is 6.86. The fraction of sp³-hybridized carbons (Fsp3) is 0.304. The number of nitrogens with zero attached hydrogens (tertiary/aromatic N) is 1. The summed E-state index contributed by atoms with van der Waals surface area (Å²) in [5, 5.41) is 11.0. The Bertz CT molecular complexity index is 1250. The summed E-state index contributed by atoms with van der Waals surface area (Å²) in [7, 11) is 1.32. The van der Waals surface area contributed by atoms with E-state index in [4.69, 9.17) is 21.1 Å². The first kappa shape index (κ1) is 25.4. The second-order valence-electron chi connectivity index (χ2n) is 8.27. The molecule has 3 rings (SSSR count). The molecule has 1 unspecified atom stereocenters. The van der Waals surface area contributed by atoms with E-state index in [9.17, 15) is 27.9 Å². The van der Waals surface area contributed by atoms with Gasteiger partial charge in [0.25, 0.3) is 0 Å². The number of methoxy groups -OCH3 is 1. The van der Waals surface area contributed by atoms with Crippen molar-refractivity contribution in [1.29, 1.82) is 0 Å². The van der Waals surface area contributed by atoms with E-state index in [-0.39, 0.29) is 27.8 Å². The summed E-state index contributed by atoms with van der Waals surface area (Å²) in [5.41, 5.74) is -0.939. The summed E-state index contributed by atoms with van der Waals surface area (Å²) in [5.74, 6) is -1.36. The highest BCUT2D eigenvalue weighted by molar-refractivity contribution is 6.30. The van der Waals surface area contributed by atoms with Crippen LogP contribution in [0.3, 0.4) is 0 Å². The number of carbonyl (C=O) groups is 2. The summed E-state index contributed by atoms with van der Waals surface area (Å²) in [6, 6.07) is 7.37. The molecule has 182 valence electrons. The molecule has 11 heteroatoms. The molecular weight excluding hydrogens is 479 g/mol. The van der Waals surface area contributed by atoms with Gasteiger partial charge in [0.2, 0.25) is 0 Å². The van der Waals surface area contributed by atoms with Crippen LogP contribution < -0.4 is 9.47 Å². The molecule has 2 aromatic carbocycles. The normalized spacial score (nSPS) is 13.0. The van der Waals surface area contributed by atoms with E-state index >= 15 is 0 Å². The zero-order valence-electron chi connectivity index (χ0n) is 18.6. The summed E-state index contributed by atoms with van der Waals surface area (Å²) >= 11 is 5.93. The Labute approximate surface area is 197 Å². The smallest absolute Gasteiger partial charge is 0.496 e. The maximum absolute atomic E-state index is 13.3. The molecular formula is C23H21ClF3NO6. The average Bonchev–Trinajstić information content (AvgIpc) is 3.09. The highest BCUT2D eigenvalue weighted by atomic mass is 35.5. The van der Waals surface area contributed by atoms with Gasteiger partial charge in [-0.3, -0.25) is 9.36 Å². The van der Waals surface area contributed by atoms with Crippen molar-refractivity contribution in [2.24, 2.45) is 0 Å². The van der Waals surface area contributed by atoms with Crippen LogP contribution in [0.25, 0.3) is 10.9 Å². The predicted molar refractivity (Wildman–Crippen MR) is 118 cm³/mol. The van der Waals surface area contributed by atoms with E-state index in [0.29, 0.717) is 5.02 Å². The molecule has 1 heterocycles. The van der Waals surface area contributed by atoms with Crippen molar-refractivity contribution >= 4 is 34.4 Å². The van der Waals surface area contributed by atoms with Crippen LogP contribution in [0, 0.1) is 0 Å². The van der Waals surface area contributed by atoms with Crippen LogP contribution in [0.5, 0.6) is 11.5 Å². The molecule has 34 heavy (non-hydrogen) atoms. The zero-order valence-corrected chi connectivity index (χ0v) is 19.3. The Balaban J connectivity index is 2.15. The van der Waals surface area contributed by atoms with Crippen LogP contribution in [-0.4, -0.2) is 40.6 Å². The SMILES string of the molecule is COc1cc(Cl)ccc1C(O)C(=O)c1cn(C(=O)OC(C)(C)C)c2ccc(OC(F)(F)F)cc12. The van der Waals surface area contributed by atoms with Gasteiger partial charge in [0.15, 0.2) is 5.78 Å². The lowest BCUT2D eigenvalue weighted by molar-refractivity contribution is -0.274. The van der Waals surface area contributed by atoms with E-state index in [1.165, 1.54) is 31.4 Å². The molecule has 1 atom stereocenters. The summed E-state index contributed by atoms with van der Waals surface area (Å²) in [4.78, 5) is 26.0. The molecule has 0 aliphatic carbocycles. The van der Waals surface area contributed by atoms with E-state index < -0.39 is 35.7 Å². The first-order valence-electron chi connectivity index (χ1n) is 9.90. The third-order valence-corrected chi connectivity index (χ3v) is 4.84. The summed E-state index contributed by atoms with van der Waals surface area (Å²) in [6.45, 7) is 4.90. The number of ketones is 1. The number of halogens is 4. The molecule has 1 N–H and O–H groups in total. The van der Waals surface area contributed by atoms with Crippen LogP contribution in [0.4, 0.5) is 18.0 Å². The second-order valence-corrected chi connectivity index (χ2v) is 8.71. The number of ether oxygens (including phenoxy) is 3. The largest absolute Gasteiger partial charge is 0.573 e. The van der Waals surface area contributed by atoms with Gasteiger partial charge in [-0.15, -0.1) is 13.2 Å². The molecule has 7 nitrogen and oxygen atoms in total. The molecule has 0 aliphatic heterocycles. The molecule has 0 amide bonds. The van der Waals surface area contributed by atoms with Crippen molar-refractivity contribution in [2.45, 2.75) is 38.8 Å². The van der Waals surface area contributed by atoms with Gasteiger partial charge in [0.05, 0.1) is 12.6 Å². The minimum Gasteiger partial charge on any atom is -0.496 e. The van der Waals surface area contributed by atoms with Crippen molar-refractivity contribution in [3.63, 3.8) is 0 Å². The fourth-order valence-corrected chi connectivity index (χ4v) is 3.43. The monoisotopic (exact) mass is 499 g/mol. The van der Waals surface area contributed by atoms with Gasteiger partial charge in [-0.1, -0.05) is 17.7 Å². The van der Waals surface area contributed by atoms with Gasteiger partial charge in [0, 0.05) is 27.7 Å².